The van der Waals surface area contributed by atoms with E-state index < -0.39 is 0 Å². The van der Waals surface area contributed by atoms with Gasteiger partial charge in [0.2, 0.25) is 5.88 Å². The Bertz CT molecular complexity index is 463. The summed E-state index contributed by atoms with van der Waals surface area (Å²) in [4.78, 5) is 9.26. The summed E-state index contributed by atoms with van der Waals surface area (Å²) in [5.74, 6) is 2.34. The van der Waals surface area contributed by atoms with Crippen molar-refractivity contribution in [2.45, 2.75) is 52.6 Å². The monoisotopic (exact) mass is 279 g/mol. The third kappa shape index (κ3) is 3.39. The Balaban J connectivity index is 2.34. The maximum atomic E-state index is 6.01. The average molecular weight is 279 g/mol. The fourth-order valence-corrected chi connectivity index (χ4v) is 2.05. The van der Waals surface area contributed by atoms with Crippen molar-refractivity contribution in [1.29, 1.82) is 0 Å². The van der Waals surface area contributed by atoms with Crippen LogP contribution in [0.5, 0.6) is 5.88 Å². The quantitative estimate of drug-likeness (QED) is 0.918. The van der Waals surface area contributed by atoms with Crippen LogP contribution in [0, 0.1) is 6.92 Å². The van der Waals surface area contributed by atoms with Crippen LogP contribution in [0.1, 0.15) is 45.5 Å². The first-order valence-corrected chi connectivity index (χ1v) is 7.29. The van der Waals surface area contributed by atoms with E-state index >= 15 is 0 Å². The predicted octanol–water partition coefficient (Wildman–Crippen LogP) is 2.68. The van der Waals surface area contributed by atoms with Crippen LogP contribution in [0.3, 0.4) is 0 Å². The highest BCUT2D eigenvalue weighted by Gasteiger charge is 2.24. The van der Waals surface area contributed by atoms with Gasteiger partial charge in [-0.25, -0.2) is 4.98 Å². The van der Waals surface area contributed by atoms with E-state index in [4.69, 9.17) is 9.47 Å². The summed E-state index contributed by atoms with van der Waals surface area (Å²) < 4.78 is 11.4. The van der Waals surface area contributed by atoms with Crippen molar-refractivity contribution in [3.8, 4) is 5.88 Å². The van der Waals surface area contributed by atoms with Crippen molar-refractivity contribution in [2.75, 3.05) is 25.1 Å². The lowest BCUT2D eigenvalue weighted by Gasteiger charge is -2.22. The molecule has 1 atom stereocenters. The van der Waals surface area contributed by atoms with E-state index in [1.54, 1.807) is 0 Å². The fourth-order valence-electron chi connectivity index (χ4n) is 2.05. The van der Waals surface area contributed by atoms with Crippen LogP contribution in [0.4, 0.5) is 5.82 Å². The first-order chi connectivity index (χ1) is 9.41. The zero-order chi connectivity index (χ0) is 14.8. The van der Waals surface area contributed by atoms with Gasteiger partial charge in [-0.3, -0.25) is 0 Å². The van der Waals surface area contributed by atoms with Crippen LogP contribution in [0.2, 0.25) is 0 Å². The van der Waals surface area contributed by atoms with E-state index in [9.17, 15) is 0 Å². The van der Waals surface area contributed by atoms with Crippen LogP contribution < -0.4 is 10.1 Å². The molecular weight excluding hydrogens is 254 g/mol. The van der Waals surface area contributed by atoms with Crippen molar-refractivity contribution in [3.63, 3.8) is 0 Å². The maximum absolute atomic E-state index is 6.01. The number of ether oxygens (including phenoxy) is 2. The molecule has 1 aromatic heterocycles. The Kier molecular flexibility index (Phi) is 4.48. The van der Waals surface area contributed by atoms with Gasteiger partial charge in [0.1, 0.15) is 17.7 Å². The van der Waals surface area contributed by atoms with E-state index in [0.717, 1.165) is 36.8 Å². The average Bonchev–Trinajstić information content (AvgIpc) is 2.86. The van der Waals surface area contributed by atoms with Gasteiger partial charge in [0.15, 0.2) is 0 Å². The molecule has 1 aromatic rings. The molecule has 0 radical (unpaired) electrons. The van der Waals surface area contributed by atoms with Gasteiger partial charge in [0.25, 0.3) is 0 Å². The van der Waals surface area contributed by atoms with Crippen LogP contribution in [-0.4, -0.2) is 35.8 Å². The van der Waals surface area contributed by atoms with Crippen molar-refractivity contribution < 1.29 is 9.47 Å². The molecule has 2 heterocycles. The summed E-state index contributed by atoms with van der Waals surface area (Å²) in [6.45, 7) is 12.6. The highest BCUT2D eigenvalue weighted by Crippen LogP contribution is 2.29. The number of hydrogen-bond acceptors (Lipinski definition) is 5. The molecule has 0 amide bonds. The Morgan fingerprint density at radius 1 is 1.35 bits per heavy atom. The van der Waals surface area contributed by atoms with E-state index in [1.807, 2.05) is 6.92 Å². The summed E-state index contributed by atoms with van der Waals surface area (Å²) in [7, 11) is 0. The van der Waals surface area contributed by atoms with Gasteiger partial charge in [0.05, 0.1) is 18.8 Å². The second-order valence-electron chi connectivity index (χ2n) is 6.21. The molecule has 1 saturated heterocycles. The van der Waals surface area contributed by atoms with E-state index in [-0.39, 0.29) is 11.5 Å². The Morgan fingerprint density at radius 3 is 2.65 bits per heavy atom. The maximum Gasteiger partial charge on any atom is 0.222 e. The van der Waals surface area contributed by atoms with Gasteiger partial charge >= 0.3 is 0 Å². The molecule has 0 saturated carbocycles. The Labute approximate surface area is 121 Å². The number of nitrogens with zero attached hydrogens (tertiary/aromatic N) is 2. The molecular formula is C15H25N3O2. The fraction of sp³-hybridized carbons (Fsp3) is 0.733. The van der Waals surface area contributed by atoms with Gasteiger partial charge < -0.3 is 14.8 Å². The summed E-state index contributed by atoms with van der Waals surface area (Å²) in [6, 6.07) is 0. The van der Waals surface area contributed by atoms with E-state index in [2.05, 4.69) is 43.0 Å². The van der Waals surface area contributed by atoms with Crippen LogP contribution in [0.25, 0.3) is 0 Å². The number of nitrogens with one attached hydrogen (secondary N) is 1. The third-order valence-electron chi connectivity index (χ3n) is 3.28. The molecule has 0 aromatic carbocycles. The van der Waals surface area contributed by atoms with Gasteiger partial charge in [-0.15, -0.1) is 0 Å². The highest BCUT2D eigenvalue weighted by molar-refractivity contribution is 5.49. The predicted molar refractivity (Wildman–Crippen MR) is 79.5 cm³/mol. The minimum absolute atomic E-state index is 0.103. The summed E-state index contributed by atoms with van der Waals surface area (Å²) in [5.41, 5.74) is 0.856. The molecule has 20 heavy (non-hydrogen) atoms. The lowest BCUT2D eigenvalue weighted by Crippen LogP contribution is -2.22. The zero-order valence-corrected chi connectivity index (χ0v) is 13.1. The molecule has 1 N–H and O–H groups in total. The Hall–Kier alpha value is -1.36. The van der Waals surface area contributed by atoms with E-state index in [0.29, 0.717) is 12.5 Å². The van der Waals surface area contributed by atoms with Gasteiger partial charge in [0, 0.05) is 18.4 Å². The van der Waals surface area contributed by atoms with Crippen molar-refractivity contribution in [3.05, 3.63) is 11.4 Å². The zero-order valence-electron chi connectivity index (χ0n) is 13.1. The highest BCUT2D eigenvalue weighted by atomic mass is 16.5. The molecule has 1 aliphatic heterocycles. The minimum atomic E-state index is -0.109. The molecule has 0 bridgehead atoms. The largest absolute Gasteiger partial charge is 0.471 e. The summed E-state index contributed by atoms with van der Waals surface area (Å²) in [6.07, 6.45) is 1.02. The van der Waals surface area contributed by atoms with E-state index in [1.165, 1.54) is 0 Å². The molecule has 2 rings (SSSR count). The summed E-state index contributed by atoms with van der Waals surface area (Å²) in [5, 5.41) is 3.29. The van der Waals surface area contributed by atoms with Crippen molar-refractivity contribution in [2.24, 2.45) is 0 Å². The standard InChI is InChI=1S/C15H25N3O2/c1-6-16-12-10(2)13(20-11-7-8-19-9-11)18-14(17-12)15(3,4)5/h11H,6-9H2,1-5H3,(H,16,17,18). The summed E-state index contributed by atoms with van der Waals surface area (Å²) >= 11 is 0. The number of anilines is 1. The molecule has 112 valence electrons. The SMILES string of the molecule is CCNc1nc(C(C)(C)C)nc(OC2CCOC2)c1C. The third-order valence-corrected chi connectivity index (χ3v) is 3.28. The first-order valence-electron chi connectivity index (χ1n) is 7.29. The van der Waals surface area contributed by atoms with Gasteiger partial charge in [-0.05, 0) is 13.8 Å². The first kappa shape index (κ1) is 15.0. The molecule has 5 nitrogen and oxygen atoms in total. The Morgan fingerprint density at radius 2 is 2.10 bits per heavy atom. The normalized spacial score (nSPS) is 19.1. The molecule has 0 spiro atoms. The van der Waals surface area contributed by atoms with Gasteiger partial charge in [-0.2, -0.15) is 4.98 Å². The number of rotatable bonds is 4. The smallest absolute Gasteiger partial charge is 0.222 e. The lowest BCUT2D eigenvalue weighted by atomic mass is 9.95. The molecule has 1 aliphatic rings. The van der Waals surface area contributed by atoms with Crippen molar-refractivity contribution in [1.82, 2.24) is 9.97 Å². The minimum Gasteiger partial charge on any atom is -0.471 e. The van der Waals surface area contributed by atoms with Crippen LogP contribution in [-0.2, 0) is 10.2 Å². The number of aromatic nitrogens is 2. The molecule has 0 aliphatic carbocycles. The second kappa shape index (κ2) is 5.95. The molecule has 1 fully saturated rings. The molecule has 5 heteroatoms. The second-order valence-corrected chi connectivity index (χ2v) is 6.21. The van der Waals surface area contributed by atoms with Gasteiger partial charge in [-0.1, -0.05) is 20.8 Å². The lowest BCUT2D eigenvalue weighted by molar-refractivity contribution is 0.137. The molecule has 1 unspecified atom stereocenters. The van der Waals surface area contributed by atoms with Crippen LogP contribution >= 0.6 is 0 Å². The topological polar surface area (TPSA) is 56.3 Å². The van der Waals surface area contributed by atoms with Crippen LogP contribution in [0.15, 0.2) is 0 Å². The number of hydrogen-bond donors (Lipinski definition) is 1. The van der Waals surface area contributed by atoms with Crippen molar-refractivity contribution >= 4 is 5.82 Å².